The minimum absolute atomic E-state index is 0.0394. The largest absolute Gasteiger partial charge is 0.443 e. The van der Waals surface area contributed by atoms with Crippen molar-refractivity contribution < 1.29 is 14.3 Å². The first kappa shape index (κ1) is 10.8. The number of allylic oxidation sites excluding steroid dienone is 1. The van der Waals surface area contributed by atoms with Crippen LogP contribution in [0.1, 0.15) is 27.2 Å². The number of hydrogen-bond donors (Lipinski definition) is 0. The molecule has 0 N–H and O–H groups in total. The summed E-state index contributed by atoms with van der Waals surface area (Å²) in [5.74, 6) is 0.699. The lowest BCUT2D eigenvalue weighted by atomic mass is 9.80. The Bertz CT molecular complexity index is 421. The van der Waals surface area contributed by atoms with Gasteiger partial charge in [0.25, 0.3) is 0 Å². The monoisotopic (exact) mass is 235 g/mol. The van der Waals surface area contributed by atoms with E-state index in [0.717, 1.165) is 6.42 Å². The minimum Gasteiger partial charge on any atom is -0.443 e. The number of nitrogens with zero attached hydrogens (tertiary/aromatic N) is 1. The molecule has 2 aliphatic carbocycles. The second-order valence-electron chi connectivity index (χ2n) is 6.15. The molecule has 0 aromatic rings. The van der Waals surface area contributed by atoms with E-state index in [9.17, 15) is 9.59 Å². The van der Waals surface area contributed by atoms with Crippen molar-refractivity contribution in [2.24, 2.45) is 17.8 Å². The summed E-state index contributed by atoms with van der Waals surface area (Å²) in [7, 11) is 0. The van der Waals surface area contributed by atoms with Gasteiger partial charge in [-0.3, -0.25) is 4.79 Å². The molecule has 1 aliphatic heterocycles. The molecular weight excluding hydrogens is 218 g/mol. The number of rotatable bonds is 0. The summed E-state index contributed by atoms with van der Waals surface area (Å²) in [4.78, 5) is 25.2. The van der Waals surface area contributed by atoms with E-state index in [0.29, 0.717) is 11.8 Å². The molecule has 1 saturated carbocycles. The van der Waals surface area contributed by atoms with Crippen LogP contribution in [0.3, 0.4) is 0 Å². The summed E-state index contributed by atoms with van der Waals surface area (Å²) >= 11 is 0. The number of imide groups is 1. The molecule has 3 rings (SSSR count). The summed E-state index contributed by atoms with van der Waals surface area (Å²) in [5.41, 5.74) is -0.546. The average Bonchev–Trinajstić information content (AvgIpc) is 2.70. The van der Waals surface area contributed by atoms with Gasteiger partial charge in [-0.15, -0.1) is 0 Å². The van der Waals surface area contributed by atoms with Crippen LogP contribution in [0.15, 0.2) is 12.2 Å². The molecule has 2 fully saturated rings. The zero-order valence-corrected chi connectivity index (χ0v) is 10.3. The number of fused-ring (bicyclic) bond motifs is 5. The lowest BCUT2D eigenvalue weighted by Crippen LogP contribution is -2.65. The van der Waals surface area contributed by atoms with Gasteiger partial charge in [0, 0.05) is 0 Å². The summed E-state index contributed by atoms with van der Waals surface area (Å²) < 4.78 is 5.27. The second-order valence-corrected chi connectivity index (χ2v) is 6.15. The first-order valence-electron chi connectivity index (χ1n) is 6.13. The van der Waals surface area contributed by atoms with Gasteiger partial charge in [-0.1, -0.05) is 12.2 Å². The first-order valence-corrected chi connectivity index (χ1v) is 6.13. The van der Waals surface area contributed by atoms with Gasteiger partial charge in [0.15, 0.2) is 0 Å². The zero-order chi connectivity index (χ0) is 12.4. The van der Waals surface area contributed by atoms with Gasteiger partial charge in [-0.2, -0.15) is 0 Å². The van der Waals surface area contributed by atoms with E-state index in [1.54, 1.807) is 0 Å². The van der Waals surface area contributed by atoms with Gasteiger partial charge in [-0.25, -0.2) is 9.69 Å². The second kappa shape index (κ2) is 3.12. The van der Waals surface area contributed by atoms with Crippen molar-refractivity contribution >= 4 is 12.0 Å². The third-order valence-corrected chi connectivity index (χ3v) is 3.83. The highest BCUT2D eigenvalue weighted by atomic mass is 16.6. The van der Waals surface area contributed by atoms with Gasteiger partial charge in [0.2, 0.25) is 5.91 Å². The van der Waals surface area contributed by atoms with E-state index in [4.69, 9.17) is 4.74 Å². The number of hydrogen-bond acceptors (Lipinski definition) is 3. The van der Waals surface area contributed by atoms with E-state index >= 15 is 0 Å². The van der Waals surface area contributed by atoms with E-state index in [2.05, 4.69) is 12.2 Å². The molecule has 4 heteroatoms. The maximum Gasteiger partial charge on any atom is 0.417 e. The molecule has 4 nitrogen and oxygen atoms in total. The Morgan fingerprint density at radius 1 is 1.35 bits per heavy atom. The predicted octanol–water partition coefficient (Wildman–Crippen LogP) is 1.95. The first-order chi connectivity index (χ1) is 7.88. The van der Waals surface area contributed by atoms with Gasteiger partial charge < -0.3 is 4.74 Å². The predicted molar refractivity (Wildman–Crippen MR) is 61.1 cm³/mol. The number of likely N-dealkylation sites (tertiary alicyclic amines) is 1. The molecule has 2 amide bonds. The summed E-state index contributed by atoms with van der Waals surface area (Å²) in [5, 5.41) is 0. The average molecular weight is 235 g/mol. The SMILES string of the molecule is CC(C)(C)OC(=O)N1C(=O)C2C1[C@@H]1C=C[C@H]2C1. The molecule has 4 atom stereocenters. The lowest BCUT2D eigenvalue weighted by molar-refractivity contribution is -0.154. The van der Waals surface area contributed by atoms with Gasteiger partial charge in [-0.05, 0) is 39.0 Å². The molecular formula is C13H17NO3. The number of ether oxygens (including phenoxy) is 1. The van der Waals surface area contributed by atoms with E-state index < -0.39 is 11.7 Å². The van der Waals surface area contributed by atoms with E-state index in [-0.39, 0.29) is 17.9 Å². The molecule has 2 unspecified atom stereocenters. The maximum absolute atomic E-state index is 12.0. The van der Waals surface area contributed by atoms with Crippen molar-refractivity contribution in [1.29, 1.82) is 0 Å². The summed E-state index contributed by atoms with van der Waals surface area (Å²) in [6.07, 6.45) is 4.79. The third-order valence-electron chi connectivity index (χ3n) is 3.83. The van der Waals surface area contributed by atoms with Gasteiger partial charge in [0.1, 0.15) is 5.60 Å². The Morgan fingerprint density at radius 2 is 2.00 bits per heavy atom. The van der Waals surface area contributed by atoms with Gasteiger partial charge in [0.05, 0.1) is 12.0 Å². The van der Waals surface area contributed by atoms with Gasteiger partial charge >= 0.3 is 6.09 Å². The van der Waals surface area contributed by atoms with Crippen molar-refractivity contribution in [3.8, 4) is 0 Å². The normalized spacial score (nSPS) is 38.1. The molecule has 92 valence electrons. The smallest absolute Gasteiger partial charge is 0.417 e. The van der Waals surface area contributed by atoms with Crippen LogP contribution in [0.25, 0.3) is 0 Å². The quantitative estimate of drug-likeness (QED) is 0.476. The maximum atomic E-state index is 12.0. The van der Waals surface area contributed by atoms with Crippen LogP contribution >= 0.6 is 0 Å². The molecule has 0 aromatic heterocycles. The van der Waals surface area contributed by atoms with Crippen molar-refractivity contribution in [2.45, 2.75) is 38.8 Å². The van der Waals surface area contributed by atoms with E-state index in [1.165, 1.54) is 4.90 Å². The van der Waals surface area contributed by atoms with Crippen LogP contribution < -0.4 is 0 Å². The van der Waals surface area contributed by atoms with Crippen LogP contribution in [0.2, 0.25) is 0 Å². The Kier molecular flexibility index (Phi) is 1.98. The fourth-order valence-electron chi connectivity index (χ4n) is 3.23. The molecule has 1 heterocycles. The zero-order valence-electron chi connectivity index (χ0n) is 10.3. The number of carbonyl (C=O) groups is 2. The number of β-lactam (4-membered cyclic amide) rings is 1. The van der Waals surface area contributed by atoms with Crippen LogP contribution in [0.5, 0.6) is 0 Å². The van der Waals surface area contributed by atoms with Crippen LogP contribution in [-0.2, 0) is 9.53 Å². The Hall–Kier alpha value is -1.32. The van der Waals surface area contributed by atoms with Crippen molar-refractivity contribution in [3.63, 3.8) is 0 Å². The molecule has 2 bridgehead atoms. The van der Waals surface area contributed by atoms with Crippen LogP contribution in [0.4, 0.5) is 4.79 Å². The van der Waals surface area contributed by atoms with Crippen molar-refractivity contribution in [3.05, 3.63) is 12.2 Å². The molecule has 3 aliphatic rings. The molecule has 0 radical (unpaired) electrons. The lowest BCUT2D eigenvalue weighted by Gasteiger charge is -2.46. The summed E-state index contributed by atoms with van der Waals surface area (Å²) in [6, 6.07) is 0.0624. The fourth-order valence-corrected chi connectivity index (χ4v) is 3.23. The Labute approximate surface area is 101 Å². The minimum atomic E-state index is -0.546. The molecule has 17 heavy (non-hydrogen) atoms. The standard InChI is InChI=1S/C13H17NO3/c1-13(2,3)17-12(16)14-10-8-5-4-7(6-8)9(10)11(14)15/h4-5,7-10H,6H2,1-3H3/t7-,8+,9?,10?/m0/s1. The molecule has 1 saturated heterocycles. The Morgan fingerprint density at radius 3 is 2.65 bits per heavy atom. The Balaban J connectivity index is 1.76. The van der Waals surface area contributed by atoms with Crippen LogP contribution in [-0.4, -0.2) is 28.5 Å². The fraction of sp³-hybridized carbons (Fsp3) is 0.692. The summed E-state index contributed by atoms with van der Waals surface area (Å²) in [6.45, 7) is 5.44. The highest BCUT2D eigenvalue weighted by Crippen LogP contribution is 2.52. The van der Waals surface area contributed by atoms with Crippen molar-refractivity contribution in [1.82, 2.24) is 4.90 Å². The molecule has 0 aromatic carbocycles. The number of carbonyl (C=O) groups excluding carboxylic acids is 2. The number of amides is 2. The third kappa shape index (κ3) is 1.43. The van der Waals surface area contributed by atoms with Crippen LogP contribution in [0, 0.1) is 17.8 Å². The highest BCUT2D eigenvalue weighted by Gasteiger charge is 2.62. The molecule has 0 spiro atoms. The highest BCUT2D eigenvalue weighted by molar-refractivity contribution is 6.00. The topological polar surface area (TPSA) is 46.6 Å². The van der Waals surface area contributed by atoms with Crippen molar-refractivity contribution in [2.75, 3.05) is 0 Å². The van der Waals surface area contributed by atoms with E-state index in [1.807, 2.05) is 20.8 Å².